The zero-order chi connectivity index (χ0) is 22.0. The van der Waals surface area contributed by atoms with Gasteiger partial charge in [-0.25, -0.2) is 0 Å². The molecule has 2 aromatic rings. The van der Waals surface area contributed by atoms with Gasteiger partial charge in [0.25, 0.3) is 0 Å². The van der Waals surface area contributed by atoms with Crippen molar-refractivity contribution in [1.29, 1.82) is 0 Å². The van der Waals surface area contributed by atoms with Crippen molar-refractivity contribution in [2.75, 3.05) is 19.7 Å². The second kappa shape index (κ2) is 11.6. The van der Waals surface area contributed by atoms with Gasteiger partial charge in [0, 0.05) is 13.1 Å². The highest BCUT2D eigenvalue weighted by molar-refractivity contribution is 6.32. The molecule has 4 nitrogen and oxygen atoms in total. The Morgan fingerprint density at radius 3 is 2.53 bits per heavy atom. The van der Waals surface area contributed by atoms with Crippen LogP contribution in [0.4, 0.5) is 13.2 Å². The van der Waals surface area contributed by atoms with E-state index in [0.717, 1.165) is 23.3 Å². The Morgan fingerprint density at radius 1 is 1.17 bits per heavy atom. The third-order valence-electron chi connectivity index (χ3n) is 4.21. The number of rotatable bonds is 11. The fourth-order valence-corrected chi connectivity index (χ4v) is 2.86. The molecule has 0 unspecified atom stereocenters. The van der Waals surface area contributed by atoms with Gasteiger partial charge >= 0.3 is 12.1 Å². The summed E-state index contributed by atoms with van der Waals surface area (Å²) in [6.45, 7) is 1.35. The molecule has 0 aliphatic carbocycles. The molecule has 0 aromatic heterocycles. The molecule has 2 N–H and O–H groups in total. The molecule has 8 heteroatoms. The number of aryl methyl sites for hydroxylation is 1. The number of hydrogen-bond donors (Lipinski definition) is 2. The first-order valence-corrected chi connectivity index (χ1v) is 9.81. The average molecular weight is 442 g/mol. The Morgan fingerprint density at radius 2 is 1.90 bits per heavy atom. The van der Waals surface area contributed by atoms with Crippen molar-refractivity contribution in [2.45, 2.75) is 25.4 Å². The maximum atomic E-state index is 12.6. The number of alkyl halides is 3. The maximum absolute atomic E-state index is 12.6. The van der Waals surface area contributed by atoms with Crippen molar-refractivity contribution < 1.29 is 27.8 Å². The van der Waals surface area contributed by atoms with Crippen LogP contribution in [0.3, 0.4) is 0 Å². The molecule has 0 saturated carbocycles. The third-order valence-corrected chi connectivity index (χ3v) is 4.53. The summed E-state index contributed by atoms with van der Waals surface area (Å²) in [5.74, 6) is -0.228. The zero-order valence-corrected chi connectivity index (χ0v) is 17.0. The summed E-state index contributed by atoms with van der Waals surface area (Å²) in [6.07, 6.45) is 0.713. The highest BCUT2D eigenvalue weighted by Gasteiger charge is 2.29. The number of ether oxygens (including phenoxy) is 1. The molecule has 162 valence electrons. The summed E-state index contributed by atoms with van der Waals surface area (Å²) in [5, 5.41) is 12.1. The predicted octanol–water partition coefficient (Wildman–Crippen LogP) is 5.45. The fraction of sp³-hybridized carbons (Fsp3) is 0.318. The Bertz CT molecular complexity index is 852. The number of benzene rings is 2. The van der Waals surface area contributed by atoms with Crippen molar-refractivity contribution in [3.05, 3.63) is 70.3 Å². The lowest BCUT2D eigenvalue weighted by Crippen LogP contribution is -2.17. The van der Waals surface area contributed by atoms with Crippen LogP contribution in [0.2, 0.25) is 5.02 Å². The minimum atomic E-state index is -4.32. The topological polar surface area (TPSA) is 58.6 Å². The van der Waals surface area contributed by atoms with Gasteiger partial charge in [-0.2, -0.15) is 13.2 Å². The first kappa shape index (κ1) is 23.8. The lowest BCUT2D eigenvalue weighted by atomic mass is 10.1. The zero-order valence-electron chi connectivity index (χ0n) is 16.2. The number of carboxylic acids is 1. The number of aliphatic carboxylic acids is 1. The first-order valence-electron chi connectivity index (χ1n) is 9.43. The second-order valence-corrected chi connectivity index (χ2v) is 6.99. The van der Waals surface area contributed by atoms with Crippen LogP contribution in [-0.2, 0) is 17.4 Å². The molecule has 0 heterocycles. The molecular weight excluding hydrogens is 419 g/mol. The van der Waals surface area contributed by atoms with E-state index in [1.54, 1.807) is 12.1 Å². The molecule has 0 spiro atoms. The van der Waals surface area contributed by atoms with Gasteiger partial charge in [0.15, 0.2) is 0 Å². The van der Waals surface area contributed by atoms with Crippen LogP contribution >= 0.6 is 11.6 Å². The van der Waals surface area contributed by atoms with Gasteiger partial charge in [0.2, 0.25) is 0 Å². The molecular formula is C22H23ClF3NO3. The third kappa shape index (κ3) is 8.47. The molecule has 0 aliphatic heterocycles. The molecule has 2 aromatic carbocycles. The van der Waals surface area contributed by atoms with Crippen molar-refractivity contribution in [2.24, 2.45) is 0 Å². The maximum Gasteiger partial charge on any atom is 0.416 e. The molecule has 0 amide bonds. The SMILES string of the molecule is O=C(O)CCNC/C=C/c1ccc(OCCCc2ccc(C(F)(F)F)cc2)cc1Cl. The number of nitrogens with one attached hydrogen (secondary N) is 1. The minimum Gasteiger partial charge on any atom is -0.494 e. The summed E-state index contributed by atoms with van der Waals surface area (Å²) >= 11 is 6.25. The van der Waals surface area contributed by atoms with Crippen LogP contribution in [0, 0.1) is 0 Å². The Hall–Kier alpha value is -2.51. The van der Waals surface area contributed by atoms with Gasteiger partial charge in [-0.3, -0.25) is 4.79 Å². The second-order valence-electron chi connectivity index (χ2n) is 6.58. The normalized spacial score (nSPS) is 11.7. The molecule has 0 bridgehead atoms. The van der Waals surface area contributed by atoms with Gasteiger partial charge in [-0.1, -0.05) is 35.9 Å². The standard InChI is InChI=1S/C22H23ClF3NO3/c23-20-15-19(10-7-17(20)4-1-12-27-13-11-21(28)29)30-14-2-3-16-5-8-18(9-6-16)22(24,25)26/h1,4-10,15,27H,2-3,11-14H2,(H,28,29)/b4-1+. The van der Waals surface area contributed by atoms with Crippen LogP contribution in [0.1, 0.15) is 29.5 Å². The van der Waals surface area contributed by atoms with Gasteiger partial charge in [0.1, 0.15) is 5.75 Å². The van der Waals surface area contributed by atoms with Gasteiger partial charge < -0.3 is 15.2 Å². The smallest absolute Gasteiger partial charge is 0.416 e. The molecule has 0 aliphatic rings. The van der Waals surface area contributed by atoms with Crippen LogP contribution in [0.5, 0.6) is 5.75 Å². The summed E-state index contributed by atoms with van der Waals surface area (Å²) in [4.78, 5) is 10.4. The Balaban J connectivity index is 1.73. The highest BCUT2D eigenvalue weighted by Crippen LogP contribution is 2.29. The van der Waals surface area contributed by atoms with Crippen LogP contribution < -0.4 is 10.1 Å². The highest BCUT2D eigenvalue weighted by atomic mass is 35.5. The van der Waals surface area contributed by atoms with Gasteiger partial charge in [-0.05, 0) is 54.3 Å². The van der Waals surface area contributed by atoms with E-state index in [2.05, 4.69) is 5.32 Å². The monoisotopic (exact) mass is 441 g/mol. The van der Waals surface area contributed by atoms with E-state index in [0.29, 0.717) is 43.3 Å². The largest absolute Gasteiger partial charge is 0.494 e. The van der Waals surface area contributed by atoms with Crippen molar-refractivity contribution >= 4 is 23.6 Å². The fourth-order valence-electron chi connectivity index (χ4n) is 2.63. The quantitative estimate of drug-likeness (QED) is 0.455. The summed E-state index contributed by atoms with van der Waals surface area (Å²) in [7, 11) is 0. The van der Waals surface area contributed by atoms with Gasteiger partial charge in [-0.15, -0.1) is 0 Å². The van der Waals surface area contributed by atoms with E-state index in [1.807, 2.05) is 18.2 Å². The lowest BCUT2D eigenvalue weighted by molar-refractivity contribution is -0.138. The summed E-state index contributed by atoms with van der Waals surface area (Å²) in [6, 6.07) is 10.5. The van der Waals surface area contributed by atoms with E-state index in [9.17, 15) is 18.0 Å². The molecule has 0 radical (unpaired) electrons. The molecule has 0 atom stereocenters. The van der Waals surface area contributed by atoms with E-state index >= 15 is 0 Å². The van der Waals surface area contributed by atoms with E-state index in [4.69, 9.17) is 21.4 Å². The van der Waals surface area contributed by atoms with Crippen LogP contribution in [0.25, 0.3) is 6.08 Å². The van der Waals surface area contributed by atoms with Gasteiger partial charge in [0.05, 0.1) is 23.6 Å². The Kier molecular flexibility index (Phi) is 9.20. The van der Waals surface area contributed by atoms with E-state index in [-0.39, 0.29) is 6.42 Å². The van der Waals surface area contributed by atoms with E-state index < -0.39 is 17.7 Å². The van der Waals surface area contributed by atoms with E-state index in [1.165, 1.54) is 12.1 Å². The summed E-state index contributed by atoms with van der Waals surface area (Å²) < 4.78 is 43.4. The number of carboxylic acid groups (broad SMARTS) is 1. The number of hydrogen-bond acceptors (Lipinski definition) is 3. The first-order chi connectivity index (χ1) is 14.3. The van der Waals surface area contributed by atoms with Crippen molar-refractivity contribution in [3.63, 3.8) is 0 Å². The van der Waals surface area contributed by atoms with Crippen molar-refractivity contribution in [3.8, 4) is 5.75 Å². The van der Waals surface area contributed by atoms with Crippen molar-refractivity contribution in [1.82, 2.24) is 5.32 Å². The van der Waals surface area contributed by atoms with Crippen LogP contribution in [0.15, 0.2) is 48.5 Å². The van der Waals surface area contributed by atoms with Crippen LogP contribution in [-0.4, -0.2) is 30.8 Å². The molecule has 2 rings (SSSR count). The molecule has 30 heavy (non-hydrogen) atoms. The average Bonchev–Trinajstić information content (AvgIpc) is 2.68. The lowest BCUT2D eigenvalue weighted by Gasteiger charge is -2.09. The number of carbonyl (C=O) groups is 1. The number of halogens is 4. The Labute approximate surface area is 178 Å². The molecule has 0 fully saturated rings. The minimum absolute atomic E-state index is 0.0689. The summed E-state index contributed by atoms with van der Waals surface area (Å²) in [5.41, 5.74) is 0.984. The predicted molar refractivity (Wildman–Crippen MR) is 111 cm³/mol. The molecule has 0 saturated heterocycles.